The van der Waals surface area contributed by atoms with Gasteiger partial charge >= 0.3 is 0 Å². The van der Waals surface area contributed by atoms with Gasteiger partial charge in [0.1, 0.15) is 23.1 Å². The molecule has 3 N–H and O–H groups in total. The first-order valence-corrected chi connectivity index (χ1v) is 15.5. The van der Waals surface area contributed by atoms with Crippen molar-refractivity contribution in [2.75, 3.05) is 13.7 Å². The van der Waals surface area contributed by atoms with Crippen molar-refractivity contribution in [3.63, 3.8) is 0 Å². The summed E-state index contributed by atoms with van der Waals surface area (Å²) >= 11 is 0. The number of nitrogens with zero attached hydrogens (tertiary/aromatic N) is 1. The maximum atomic E-state index is 13.3. The van der Waals surface area contributed by atoms with Gasteiger partial charge in [-0.1, -0.05) is 36.4 Å². The Morgan fingerprint density at radius 3 is 2.57 bits per heavy atom. The predicted octanol–water partition coefficient (Wildman–Crippen LogP) is 3.08. The van der Waals surface area contributed by atoms with Gasteiger partial charge < -0.3 is 20.1 Å². The molecule has 2 aromatic carbocycles. The van der Waals surface area contributed by atoms with Gasteiger partial charge in [0.2, 0.25) is 15.9 Å². The second-order valence-electron chi connectivity index (χ2n) is 11.6. The second-order valence-corrected chi connectivity index (χ2v) is 13.8. The normalized spacial score (nSPS) is 25.8. The molecule has 1 saturated heterocycles. The number of carbonyl (C=O) groups is 2. The van der Waals surface area contributed by atoms with Gasteiger partial charge in [-0.3, -0.25) is 14.3 Å². The molecule has 220 valence electrons. The van der Waals surface area contributed by atoms with E-state index in [2.05, 4.69) is 21.9 Å². The van der Waals surface area contributed by atoms with Crippen molar-refractivity contribution in [1.82, 2.24) is 20.3 Å². The summed E-state index contributed by atoms with van der Waals surface area (Å²) in [4.78, 5) is 31.3. The third-order valence-electron chi connectivity index (χ3n) is 8.63. The van der Waals surface area contributed by atoms with Crippen molar-refractivity contribution >= 4 is 32.7 Å². The van der Waals surface area contributed by atoms with E-state index >= 15 is 0 Å². The largest absolute Gasteiger partial charge is 0.497 e. The Bertz CT molecular complexity index is 1670. The SMILES string of the molecule is C=C[C@@H]1C[C@]1(NC(=O)[C@@H]1C[C@@H](Oc2cc(-c3ccccc3)nc3cc(OC)ccc23)CN1)C(=O)NS(=O)(=O)C1(C)CC1. The van der Waals surface area contributed by atoms with Gasteiger partial charge in [0, 0.05) is 42.0 Å². The van der Waals surface area contributed by atoms with E-state index in [1.165, 1.54) is 0 Å². The molecule has 42 heavy (non-hydrogen) atoms. The molecule has 1 aliphatic heterocycles. The van der Waals surface area contributed by atoms with E-state index in [1.807, 2.05) is 54.6 Å². The molecule has 3 aromatic rings. The van der Waals surface area contributed by atoms with Gasteiger partial charge in [0.05, 0.1) is 29.1 Å². The molecule has 11 heteroatoms. The number of pyridine rings is 1. The summed E-state index contributed by atoms with van der Waals surface area (Å²) in [6, 6.07) is 16.7. The number of aromatic nitrogens is 1. The molecule has 2 heterocycles. The maximum absolute atomic E-state index is 13.3. The molecule has 0 radical (unpaired) electrons. The average Bonchev–Trinajstić information content (AvgIpc) is 3.86. The van der Waals surface area contributed by atoms with Gasteiger partial charge in [-0.25, -0.2) is 13.4 Å². The summed E-state index contributed by atoms with van der Waals surface area (Å²) in [5.41, 5.74) is 1.08. The van der Waals surface area contributed by atoms with Crippen LogP contribution in [-0.4, -0.2) is 61.3 Å². The molecular formula is C31H34N4O6S. The zero-order valence-electron chi connectivity index (χ0n) is 23.6. The van der Waals surface area contributed by atoms with Crippen molar-refractivity contribution in [3.8, 4) is 22.8 Å². The first-order chi connectivity index (χ1) is 20.1. The number of carbonyl (C=O) groups excluding carboxylic acids is 2. The van der Waals surface area contributed by atoms with E-state index in [1.54, 1.807) is 20.1 Å². The molecule has 0 spiro atoms. The number of benzene rings is 2. The van der Waals surface area contributed by atoms with E-state index in [4.69, 9.17) is 14.5 Å². The second kappa shape index (κ2) is 10.4. The quantitative estimate of drug-likeness (QED) is 0.307. The Labute approximate surface area is 244 Å². The highest BCUT2D eigenvalue weighted by Gasteiger charge is 2.62. The lowest BCUT2D eigenvalue weighted by molar-refractivity contribution is -0.130. The standard InChI is InChI=1S/C31H34N4O6S/c1-4-20-17-31(20,29(37)35-42(38,39)30(2)12-13-30)34-28(36)26-15-22(18-32-26)41-27-16-24(19-8-6-5-7-9-19)33-25-14-21(40-3)10-11-23(25)27/h4-11,14,16,20,22,26,32H,1,12-13,15,17-18H2,2-3H3,(H,34,36)(H,35,37)/t20-,22-,26+,31-/m1/s1. The number of nitrogens with one attached hydrogen (secondary N) is 3. The molecule has 4 atom stereocenters. The highest BCUT2D eigenvalue weighted by atomic mass is 32.2. The number of ether oxygens (including phenoxy) is 2. The van der Waals surface area contributed by atoms with Gasteiger partial charge in [0.25, 0.3) is 5.91 Å². The first-order valence-electron chi connectivity index (χ1n) is 14.0. The molecular weight excluding hydrogens is 556 g/mol. The van der Waals surface area contributed by atoms with E-state index in [0.717, 1.165) is 22.2 Å². The minimum absolute atomic E-state index is 0.293. The third kappa shape index (κ3) is 5.11. The number of sulfonamides is 1. The smallest absolute Gasteiger partial charge is 0.259 e. The van der Waals surface area contributed by atoms with Crippen molar-refractivity contribution < 1.29 is 27.5 Å². The Hall–Kier alpha value is -3.96. The highest BCUT2D eigenvalue weighted by Crippen LogP contribution is 2.47. The molecule has 0 bridgehead atoms. The molecule has 0 unspecified atom stereocenters. The van der Waals surface area contributed by atoms with Gasteiger partial charge in [-0.2, -0.15) is 0 Å². The fourth-order valence-electron chi connectivity index (χ4n) is 5.45. The van der Waals surface area contributed by atoms with Crippen LogP contribution in [0.1, 0.15) is 32.6 Å². The lowest BCUT2D eigenvalue weighted by atomic mass is 10.1. The van der Waals surface area contributed by atoms with Crippen molar-refractivity contribution in [2.24, 2.45) is 5.92 Å². The topological polar surface area (TPSA) is 136 Å². The van der Waals surface area contributed by atoms with E-state index < -0.39 is 32.3 Å². The third-order valence-corrected chi connectivity index (χ3v) is 10.8. The van der Waals surface area contributed by atoms with Gasteiger partial charge in [-0.15, -0.1) is 6.58 Å². The minimum Gasteiger partial charge on any atom is -0.497 e. The minimum atomic E-state index is -3.84. The van der Waals surface area contributed by atoms with Gasteiger partial charge in [-0.05, 0) is 38.3 Å². The van der Waals surface area contributed by atoms with Crippen molar-refractivity contribution in [3.05, 3.63) is 67.3 Å². The van der Waals surface area contributed by atoms with Crippen LogP contribution in [0.15, 0.2) is 67.3 Å². The van der Waals surface area contributed by atoms with Crippen LogP contribution in [-0.2, 0) is 19.6 Å². The average molecular weight is 591 g/mol. The lowest BCUT2D eigenvalue weighted by Crippen LogP contribution is -2.56. The van der Waals surface area contributed by atoms with Crippen LogP contribution in [0.25, 0.3) is 22.2 Å². The molecule has 2 saturated carbocycles. The van der Waals surface area contributed by atoms with Crippen molar-refractivity contribution in [2.45, 2.75) is 55.0 Å². The fraction of sp³-hybridized carbons (Fsp3) is 0.387. The number of fused-ring (bicyclic) bond motifs is 1. The van der Waals surface area contributed by atoms with E-state index in [-0.39, 0.29) is 17.9 Å². The van der Waals surface area contributed by atoms with Crippen molar-refractivity contribution in [1.29, 1.82) is 0 Å². The number of amides is 2. The number of methoxy groups -OCH3 is 1. The highest BCUT2D eigenvalue weighted by molar-refractivity contribution is 7.91. The Kier molecular flexibility index (Phi) is 6.97. The zero-order valence-corrected chi connectivity index (χ0v) is 24.4. The Balaban J connectivity index is 1.17. The summed E-state index contributed by atoms with van der Waals surface area (Å²) in [6.07, 6.45) is 2.90. The molecule has 3 fully saturated rings. The van der Waals surface area contributed by atoms with E-state index in [0.29, 0.717) is 43.7 Å². The van der Waals surface area contributed by atoms with Crippen LogP contribution in [0, 0.1) is 5.92 Å². The molecule has 10 nitrogen and oxygen atoms in total. The fourth-order valence-corrected chi connectivity index (χ4v) is 6.76. The summed E-state index contributed by atoms with van der Waals surface area (Å²) in [5.74, 6) is -0.136. The van der Waals surface area contributed by atoms with Crippen LogP contribution in [0.3, 0.4) is 0 Å². The van der Waals surface area contributed by atoms with Gasteiger partial charge in [0.15, 0.2) is 0 Å². The zero-order chi connectivity index (χ0) is 29.7. The van der Waals surface area contributed by atoms with Crippen LogP contribution in [0.4, 0.5) is 0 Å². The van der Waals surface area contributed by atoms with E-state index in [9.17, 15) is 18.0 Å². The molecule has 2 amide bonds. The molecule has 3 aliphatic rings. The summed E-state index contributed by atoms with van der Waals surface area (Å²) in [5, 5.41) is 6.84. The Morgan fingerprint density at radius 2 is 1.90 bits per heavy atom. The summed E-state index contributed by atoms with van der Waals surface area (Å²) in [6.45, 7) is 5.78. The molecule has 6 rings (SSSR count). The lowest BCUT2D eigenvalue weighted by Gasteiger charge is -2.22. The summed E-state index contributed by atoms with van der Waals surface area (Å²) in [7, 11) is -2.23. The number of rotatable bonds is 10. The summed E-state index contributed by atoms with van der Waals surface area (Å²) < 4.78 is 38.5. The molecule has 1 aromatic heterocycles. The predicted molar refractivity (Wildman–Crippen MR) is 158 cm³/mol. The Morgan fingerprint density at radius 1 is 1.14 bits per heavy atom. The van der Waals surface area contributed by atoms with Crippen LogP contribution >= 0.6 is 0 Å². The molecule has 2 aliphatic carbocycles. The first kappa shape index (κ1) is 28.2. The maximum Gasteiger partial charge on any atom is 0.259 e. The monoisotopic (exact) mass is 590 g/mol. The number of hydrogen-bond donors (Lipinski definition) is 3. The van der Waals surface area contributed by atoms with Crippen LogP contribution < -0.4 is 24.8 Å². The number of hydrogen-bond acceptors (Lipinski definition) is 8. The van der Waals surface area contributed by atoms with Crippen LogP contribution in [0.2, 0.25) is 0 Å². The van der Waals surface area contributed by atoms with Crippen LogP contribution in [0.5, 0.6) is 11.5 Å².